The molecule has 3 fully saturated rings. The standard InChI is InChI=1S/C28H35F2N7O4S/c1-41-26-17-20(16-25(31-26)36-12-8-28(29,30)9-13-36)22-19-37(34-32-22)23-3-2-21(33-42(39,40)15-14-38)18-24(23)35-10-6-27(4-5-27)7-11-35/h2-3,16-19,33,38H,4-15H2,1H3. The molecular formula is C28H35F2N7O4S. The second-order valence-electron chi connectivity index (χ2n) is 11.5. The van der Waals surface area contributed by atoms with E-state index in [9.17, 15) is 17.2 Å². The van der Waals surface area contributed by atoms with Gasteiger partial charge in [0.2, 0.25) is 15.9 Å². The number of hydrogen-bond acceptors (Lipinski definition) is 9. The van der Waals surface area contributed by atoms with E-state index < -0.39 is 22.6 Å². The second kappa shape index (κ2) is 11.0. The number of nitrogens with one attached hydrogen (secondary N) is 1. The van der Waals surface area contributed by atoms with Crippen molar-refractivity contribution in [1.29, 1.82) is 0 Å². The van der Waals surface area contributed by atoms with E-state index in [1.165, 1.54) is 20.0 Å². The number of aliphatic hydroxyl groups is 1. The zero-order valence-electron chi connectivity index (χ0n) is 23.5. The average molecular weight is 604 g/mol. The molecule has 11 nitrogen and oxygen atoms in total. The lowest BCUT2D eigenvalue weighted by Gasteiger charge is -2.35. The van der Waals surface area contributed by atoms with Gasteiger partial charge in [0, 0.05) is 50.7 Å². The molecule has 0 bridgehead atoms. The first-order chi connectivity index (χ1) is 20.1. The first-order valence-electron chi connectivity index (χ1n) is 14.2. The van der Waals surface area contributed by atoms with Gasteiger partial charge in [0.05, 0.1) is 42.7 Å². The minimum atomic E-state index is -3.69. The van der Waals surface area contributed by atoms with Crippen molar-refractivity contribution >= 4 is 27.2 Å². The van der Waals surface area contributed by atoms with E-state index in [1.54, 1.807) is 41.2 Å². The van der Waals surface area contributed by atoms with Crippen LogP contribution in [0.1, 0.15) is 38.5 Å². The molecule has 0 radical (unpaired) electrons. The van der Waals surface area contributed by atoms with Gasteiger partial charge in [-0.1, -0.05) is 5.21 Å². The smallest absolute Gasteiger partial charge is 0.251 e. The molecule has 0 amide bonds. The molecule has 0 unspecified atom stereocenters. The maximum Gasteiger partial charge on any atom is 0.251 e. The Morgan fingerprint density at radius 2 is 1.69 bits per heavy atom. The van der Waals surface area contributed by atoms with Crippen LogP contribution >= 0.6 is 0 Å². The highest BCUT2D eigenvalue weighted by Gasteiger charge is 2.44. The summed E-state index contributed by atoms with van der Waals surface area (Å²) in [5.74, 6) is -2.17. The summed E-state index contributed by atoms with van der Waals surface area (Å²) in [5, 5.41) is 17.9. The van der Waals surface area contributed by atoms with Gasteiger partial charge in [0.25, 0.3) is 5.92 Å². The van der Waals surface area contributed by atoms with Crippen LogP contribution < -0.4 is 19.3 Å². The molecule has 1 spiro atoms. The van der Waals surface area contributed by atoms with Crippen LogP contribution in [0.25, 0.3) is 16.9 Å². The van der Waals surface area contributed by atoms with E-state index in [-0.39, 0.29) is 31.7 Å². The average Bonchev–Trinajstić information content (AvgIpc) is 3.52. The van der Waals surface area contributed by atoms with Crippen molar-refractivity contribution in [3.8, 4) is 22.8 Å². The third-order valence-corrected chi connectivity index (χ3v) is 9.85. The fourth-order valence-corrected chi connectivity index (χ4v) is 6.59. The van der Waals surface area contributed by atoms with Gasteiger partial charge in [-0.25, -0.2) is 21.9 Å². The summed E-state index contributed by atoms with van der Waals surface area (Å²) in [6, 6.07) is 8.81. The predicted molar refractivity (Wildman–Crippen MR) is 155 cm³/mol. The van der Waals surface area contributed by atoms with Crippen LogP contribution in [0, 0.1) is 5.41 Å². The van der Waals surface area contributed by atoms with Crippen molar-refractivity contribution in [2.24, 2.45) is 5.41 Å². The van der Waals surface area contributed by atoms with Crippen molar-refractivity contribution in [1.82, 2.24) is 20.0 Å². The number of aromatic nitrogens is 4. The maximum atomic E-state index is 13.8. The van der Waals surface area contributed by atoms with E-state index >= 15 is 0 Å². The Morgan fingerprint density at radius 3 is 2.36 bits per heavy atom. The minimum absolute atomic E-state index is 0.189. The summed E-state index contributed by atoms with van der Waals surface area (Å²) in [6.07, 6.45) is 6.00. The molecule has 2 saturated heterocycles. The number of halogens is 2. The molecule has 0 atom stereocenters. The molecule has 3 aromatic rings. The number of pyridine rings is 1. The predicted octanol–water partition coefficient (Wildman–Crippen LogP) is 3.69. The summed E-state index contributed by atoms with van der Waals surface area (Å²) < 4.78 is 61.8. The molecule has 1 aromatic carbocycles. The maximum absolute atomic E-state index is 13.8. The Hall–Kier alpha value is -3.52. The van der Waals surface area contributed by atoms with Gasteiger partial charge in [-0.2, -0.15) is 4.98 Å². The normalized spacial score (nSPS) is 19.6. The molecule has 2 aromatic heterocycles. The van der Waals surface area contributed by atoms with Gasteiger partial charge in [-0.05, 0) is 55.4 Å². The number of sulfonamides is 1. The first-order valence-corrected chi connectivity index (χ1v) is 15.9. The van der Waals surface area contributed by atoms with Crippen LogP contribution in [0.2, 0.25) is 0 Å². The molecule has 1 aliphatic carbocycles. The zero-order valence-corrected chi connectivity index (χ0v) is 24.3. The quantitative estimate of drug-likeness (QED) is 0.377. The molecular weight excluding hydrogens is 568 g/mol. The highest BCUT2D eigenvalue weighted by atomic mass is 32.2. The van der Waals surface area contributed by atoms with E-state index in [2.05, 4.69) is 24.9 Å². The topological polar surface area (TPSA) is 126 Å². The highest BCUT2D eigenvalue weighted by molar-refractivity contribution is 7.92. The fraction of sp³-hybridized carbons (Fsp3) is 0.536. The fourth-order valence-electron chi connectivity index (χ4n) is 5.77. The Kier molecular flexibility index (Phi) is 7.46. The molecule has 14 heteroatoms. The largest absolute Gasteiger partial charge is 0.481 e. The van der Waals surface area contributed by atoms with Crippen LogP contribution in [0.15, 0.2) is 36.5 Å². The van der Waals surface area contributed by atoms with Gasteiger partial charge >= 0.3 is 0 Å². The summed E-state index contributed by atoms with van der Waals surface area (Å²) in [7, 11) is -2.19. The van der Waals surface area contributed by atoms with E-state index in [1.807, 2.05) is 4.90 Å². The number of ether oxygens (including phenoxy) is 1. The van der Waals surface area contributed by atoms with Crippen LogP contribution in [0.3, 0.4) is 0 Å². The number of piperidine rings is 2. The van der Waals surface area contributed by atoms with Crippen molar-refractivity contribution in [3.63, 3.8) is 0 Å². The number of alkyl halides is 2. The Bertz CT molecular complexity index is 1540. The SMILES string of the molecule is COc1cc(-c2cn(-c3ccc(NS(=O)(=O)CCO)cc3N3CCC4(CC3)CC4)nn2)cc(N2CCC(F)(F)CC2)n1. The molecule has 226 valence electrons. The number of rotatable bonds is 9. The van der Waals surface area contributed by atoms with Crippen molar-refractivity contribution in [2.45, 2.75) is 44.4 Å². The lowest BCUT2D eigenvalue weighted by Crippen LogP contribution is -2.39. The van der Waals surface area contributed by atoms with Crippen LogP contribution in [0.4, 0.5) is 26.0 Å². The lowest BCUT2D eigenvalue weighted by molar-refractivity contribution is -0.0221. The molecule has 4 heterocycles. The van der Waals surface area contributed by atoms with Gasteiger partial charge in [0.15, 0.2) is 0 Å². The number of anilines is 3. The lowest BCUT2D eigenvalue weighted by atomic mass is 9.93. The van der Waals surface area contributed by atoms with Crippen LogP contribution in [-0.4, -0.2) is 85.1 Å². The molecule has 1 saturated carbocycles. The Morgan fingerprint density at radius 1 is 0.976 bits per heavy atom. The summed E-state index contributed by atoms with van der Waals surface area (Å²) in [4.78, 5) is 8.56. The van der Waals surface area contributed by atoms with Crippen LogP contribution in [-0.2, 0) is 10.0 Å². The first kappa shape index (κ1) is 28.6. The van der Waals surface area contributed by atoms with Crippen molar-refractivity contribution < 1.29 is 27.0 Å². The Balaban J connectivity index is 1.31. The number of hydrogen-bond donors (Lipinski definition) is 2. The van der Waals surface area contributed by atoms with Gasteiger partial charge in [0.1, 0.15) is 11.5 Å². The monoisotopic (exact) mass is 603 g/mol. The molecule has 2 N–H and O–H groups in total. The number of nitrogens with zero attached hydrogens (tertiary/aromatic N) is 6. The zero-order chi connectivity index (χ0) is 29.5. The van der Waals surface area contributed by atoms with Gasteiger partial charge in [-0.3, -0.25) is 4.72 Å². The van der Waals surface area contributed by atoms with E-state index in [4.69, 9.17) is 9.84 Å². The van der Waals surface area contributed by atoms with Crippen molar-refractivity contribution in [3.05, 3.63) is 36.5 Å². The third kappa shape index (κ3) is 6.14. The number of methoxy groups -OCH3 is 1. The Labute approximate surface area is 243 Å². The van der Waals surface area contributed by atoms with E-state index in [0.717, 1.165) is 37.3 Å². The molecule has 6 rings (SSSR count). The third-order valence-electron chi connectivity index (χ3n) is 8.58. The molecule has 42 heavy (non-hydrogen) atoms. The summed E-state index contributed by atoms with van der Waals surface area (Å²) >= 11 is 0. The summed E-state index contributed by atoms with van der Waals surface area (Å²) in [6.45, 7) is 1.60. The summed E-state index contributed by atoms with van der Waals surface area (Å²) in [5.41, 5.74) is 3.67. The van der Waals surface area contributed by atoms with E-state index in [0.29, 0.717) is 34.1 Å². The second-order valence-corrected chi connectivity index (χ2v) is 13.3. The highest BCUT2D eigenvalue weighted by Crippen LogP contribution is 2.54. The molecule has 3 aliphatic rings. The number of benzene rings is 1. The van der Waals surface area contributed by atoms with Gasteiger partial charge < -0.3 is 19.6 Å². The number of aliphatic hydroxyl groups excluding tert-OH is 1. The molecule has 2 aliphatic heterocycles. The van der Waals surface area contributed by atoms with Gasteiger partial charge in [-0.15, -0.1) is 5.10 Å². The van der Waals surface area contributed by atoms with Crippen LogP contribution in [0.5, 0.6) is 5.88 Å². The van der Waals surface area contributed by atoms with Crippen molar-refractivity contribution in [2.75, 3.05) is 60.2 Å². The minimum Gasteiger partial charge on any atom is -0.481 e.